The minimum absolute atomic E-state index is 0.00403. The van der Waals surface area contributed by atoms with Crippen LogP contribution in [-0.2, 0) is 92.5 Å². The van der Waals surface area contributed by atoms with Gasteiger partial charge in [-0.25, -0.2) is 0 Å². The monoisotopic (exact) mass is 1500 g/mol. The third-order valence-electron chi connectivity index (χ3n) is 15.5. The van der Waals surface area contributed by atoms with Crippen molar-refractivity contribution in [1.82, 2.24) is 0 Å². The second kappa shape index (κ2) is 32.8. The Morgan fingerprint density at radius 1 is 0.278 bits per heavy atom. The number of hydrogen-bond acceptors (Lipinski definition) is 33. The number of rotatable bonds is 20. The highest BCUT2D eigenvalue weighted by Gasteiger charge is 2.55. The molecular formula is C75H68O33. The van der Waals surface area contributed by atoms with E-state index in [1.807, 2.05) is 0 Å². The lowest BCUT2D eigenvalue weighted by molar-refractivity contribution is -0.155. The molecule has 3 aliphatic heterocycles. The molecule has 108 heavy (non-hydrogen) atoms. The van der Waals surface area contributed by atoms with Gasteiger partial charge in [-0.2, -0.15) is 0 Å². The third-order valence-corrected chi connectivity index (χ3v) is 15.5. The molecular weight excluding hydrogens is 1430 g/mol. The van der Waals surface area contributed by atoms with E-state index in [9.17, 15) is 71.9 Å². The first-order valence-electron chi connectivity index (χ1n) is 32.6. The first kappa shape index (κ1) is 78.9. The number of hydrogen-bond donors (Lipinski definition) is 0. The molecule has 3 heterocycles. The van der Waals surface area contributed by atoms with E-state index >= 15 is 0 Å². The second-order valence-electron chi connectivity index (χ2n) is 24.3. The zero-order chi connectivity index (χ0) is 79.2. The van der Waals surface area contributed by atoms with E-state index in [1.165, 1.54) is 48.5 Å². The zero-order valence-corrected chi connectivity index (χ0v) is 60.3. The number of fused-ring (bicyclic) bond motifs is 3. The van der Waals surface area contributed by atoms with Crippen LogP contribution in [-0.4, -0.2) is 108 Å². The van der Waals surface area contributed by atoms with Gasteiger partial charge in [0, 0.05) is 173 Å². The van der Waals surface area contributed by atoms with Gasteiger partial charge in [0.2, 0.25) is 5.75 Å². The third kappa shape index (κ3) is 18.5. The molecule has 0 bridgehead atoms. The van der Waals surface area contributed by atoms with Crippen LogP contribution in [0.3, 0.4) is 0 Å². The molecule has 6 aromatic rings. The van der Waals surface area contributed by atoms with Crippen molar-refractivity contribution in [2.24, 2.45) is 0 Å². The van der Waals surface area contributed by atoms with Gasteiger partial charge in [0.25, 0.3) is 0 Å². The van der Waals surface area contributed by atoms with Crippen molar-refractivity contribution in [3.8, 4) is 86.2 Å². The molecule has 8 atom stereocenters. The van der Waals surface area contributed by atoms with Crippen LogP contribution in [0.25, 0.3) is 0 Å². The number of ether oxygens (including phenoxy) is 18. The average molecular weight is 1500 g/mol. The first-order valence-corrected chi connectivity index (χ1v) is 32.6. The van der Waals surface area contributed by atoms with Crippen LogP contribution in [0.15, 0.2) is 78.9 Å². The molecule has 0 unspecified atom stereocenters. The standard InChI is InChI=1S/C75H68O33/c1-30(76)91-48-19-16-45(17-20-48)69-74(104-43(14)89)66(62-54(96-35(6)81)25-49(92-31(2)77)26-55(62)106-69)64-57(98-37(8)83)29-58(99-38(9)84)65-67(75(105-44(15)90)70(108-73(64)65)47-23-59(100-39(10)85)72(103-42(13)88)60(24-47)101-40(11)86)63-56(97-36(7)82)28-52(94-33(4)79)50-27-61(102-41(12)87)68(107-71(50)63)46-18-21-51(93-32(3)78)53(22-46)95-34(5)80/h16-26,28-29,61,66-70,74-75H,27H2,1-15H3/t61-,66+,67-,68+,69+,70+,74+,75+/m0/s1. The summed E-state index contributed by atoms with van der Waals surface area (Å²) in [5.74, 6) is -27.2. The zero-order valence-electron chi connectivity index (χ0n) is 60.3. The van der Waals surface area contributed by atoms with Gasteiger partial charge in [0.05, 0.1) is 11.8 Å². The molecule has 0 aromatic heterocycles. The topological polar surface area (TPSA) is 422 Å². The number of esters is 15. The Hall–Kier alpha value is -13.2. The van der Waals surface area contributed by atoms with E-state index in [0.717, 1.165) is 134 Å². The van der Waals surface area contributed by atoms with Gasteiger partial charge in [-0.3, -0.25) is 71.9 Å². The summed E-state index contributed by atoms with van der Waals surface area (Å²) in [6.07, 6.45) is -11.8. The molecule has 33 heteroatoms. The van der Waals surface area contributed by atoms with Crippen LogP contribution in [0.4, 0.5) is 0 Å². The minimum atomic E-state index is -2.20. The molecule has 0 fully saturated rings. The molecule has 33 nitrogen and oxygen atoms in total. The van der Waals surface area contributed by atoms with Gasteiger partial charge in [0.1, 0.15) is 63.6 Å². The van der Waals surface area contributed by atoms with E-state index in [0.29, 0.717) is 0 Å². The molecule has 3 aliphatic rings. The summed E-state index contributed by atoms with van der Waals surface area (Å²) in [7, 11) is 0. The van der Waals surface area contributed by atoms with E-state index in [4.69, 9.17) is 85.3 Å². The molecule has 0 N–H and O–H groups in total. The Labute approximate surface area is 612 Å². The Kier molecular flexibility index (Phi) is 24.0. The molecule has 0 saturated carbocycles. The highest BCUT2D eigenvalue weighted by atomic mass is 16.6. The van der Waals surface area contributed by atoms with Crippen LogP contribution >= 0.6 is 0 Å². The Morgan fingerprint density at radius 3 is 1.10 bits per heavy atom. The van der Waals surface area contributed by atoms with Gasteiger partial charge >= 0.3 is 89.5 Å². The quantitative estimate of drug-likeness (QED) is 0.0391. The van der Waals surface area contributed by atoms with Crippen LogP contribution in [0.5, 0.6) is 86.2 Å². The smallest absolute Gasteiger partial charge is 0.308 e. The predicted octanol–water partition coefficient (Wildman–Crippen LogP) is 8.79. The fraction of sp³-hybridized carbons (Fsp3) is 0.320. The van der Waals surface area contributed by atoms with Crippen LogP contribution in [0.2, 0.25) is 0 Å². The fourth-order valence-electron chi connectivity index (χ4n) is 12.6. The lowest BCUT2D eigenvalue weighted by Gasteiger charge is -2.45. The van der Waals surface area contributed by atoms with Crippen molar-refractivity contribution in [3.05, 3.63) is 123 Å². The maximum Gasteiger partial charge on any atom is 0.308 e. The number of carbonyl (C=O) groups excluding carboxylic acids is 15. The van der Waals surface area contributed by atoms with Gasteiger partial charge in [0.15, 0.2) is 53.5 Å². The minimum Gasteiger partial charge on any atom is -0.481 e. The Balaban J connectivity index is 1.58. The first-order chi connectivity index (χ1) is 50.8. The van der Waals surface area contributed by atoms with Gasteiger partial charge in [-0.15, -0.1) is 0 Å². The summed E-state index contributed by atoms with van der Waals surface area (Å²) in [5, 5.41) is 0. The molecule has 0 spiro atoms. The van der Waals surface area contributed by atoms with Gasteiger partial charge < -0.3 is 85.3 Å². The molecule has 6 aromatic carbocycles. The summed E-state index contributed by atoms with van der Waals surface area (Å²) in [6, 6.07) is 15.4. The summed E-state index contributed by atoms with van der Waals surface area (Å²) in [5.41, 5.74) is -2.46. The van der Waals surface area contributed by atoms with Crippen molar-refractivity contribution < 1.29 is 157 Å². The van der Waals surface area contributed by atoms with Crippen LogP contribution in [0.1, 0.15) is 179 Å². The van der Waals surface area contributed by atoms with Crippen molar-refractivity contribution in [2.75, 3.05) is 0 Å². The predicted molar refractivity (Wildman–Crippen MR) is 359 cm³/mol. The van der Waals surface area contributed by atoms with Crippen molar-refractivity contribution in [3.63, 3.8) is 0 Å². The van der Waals surface area contributed by atoms with E-state index in [-0.39, 0.29) is 51.0 Å². The maximum atomic E-state index is 14.5. The highest BCUT2D eigenvalue weighted by molar-refractivity contribution is 5.84. The SMILES string of the molecule is CC(=O)Oc1ccc([C@H]2Oc3cc(OC(C)=O)cc(OC(C)=O)c3[C@H](c3c(OC(C)=O)cc(OC(C)=O)c4c3O[C@H](c3cc(OC(C)=O)c(OC(C)=O)c(OC(C)=O)c3)[C@H](OC(C)=O)[C@H]4c3c(OC(C)=O)cc(OC(C)=O)c4c3O[C@H](c3ccc(OC(C)=O)c(OC(C)=O)c3)[C@@H](OC(C)=O)C4)[C@H]2OC(C)=O)cc1. The molecule has 566 valence electrons. The van der Waals surface area contributed by atoms with Crippen molar-refractivity contribution in [2.45, 2.75) is 159 Å². The lowest BCUT2D eigenvalue weighted by atomic mass is 9.73. The van der Waals surface area contributed by atoms with Gasteiger partial charge in [-0.1, -0.05) is 18.2 Å². The molecule has 0 amide bonds. The fourth-order valence-corrected chi connectivity index (χ4v) is 12.6. The summed E-state index contributed by atoms with van der Waals surface area (Å²) in [6.45, 7) is 14.9. The summed E-state index contributed by atoms with van der Waals surface area (Å²) < 4.78 is 109. The van der Waals surface area contributed by atoms with E-state index in [1.54, 1.807) is 0 Å². The van der Waals surface area contributed by atoms with Crippen LogP contribution < -0.4 is 71.1 Å². The van der Waals surface area contributed by atoms with Crippen molar-refractivity contribution >= 4 is 89.5 Å². The Morgan fingerprint density at radius 2 is 0.639 bits per heavy atom. The normalized spacial score (nSPS) is 17.8. The van der Waals surface area contributed by atoms with Crippen molar-refractivity contribution in [1.29, 1.82) is 0 Å². The number of carbonyl (C=O) groups is 15. The maximum absolute atomic E-state index is 14.5. The molecule has 0 radical (unpaired) electrons. The largest absolute Gasteiger partial charge is 0.481 e. The Bertz CT molecular complexity index is 4740. The molecule has 0 aliphatic carbocycles. The summed E-state index contributed by atoms with van der Waals surface area (Å²) in [4.78, 5) is 201. The van der Waals surface area contributed by atoms with Crippen LogP contribution in [0, 0.1) is 0 Å². The number of benzene rings is 6. The lowest BCUT2D eigenvalue weighted by Crippen LogP contribution is -2.42. The van der Waals surface area contributed by atoms with E-state index in [2.05, 4.69) is 0 Å². The molecule has 0 saturated heterocycles. The average Bonchev–Trinajstić information content (AvgIpc) is 0.704. The summed E-state index contributed by atoms with van der Waals surface area (Å²) >= 11 is 0. The molecule has 9 rings (SSSR count). The highest BCUT2D eigenvalue weighted by Crippen LogP contribution is 2.64. The second-order valence-corrected chi connectivity index (χ2v) is 24.3. The van der Waals surface area contributed by atoms with Gasteiger partial charge in [-0.05, 0) is 42.0 Å². The van der Waals surface area contributed by atoms with E-state index < -0.39 is 224 Å².